The van der Waals surface area contributed by atoms with Crippen LogP contribution < -0.4 is 4.74 Å². The molecule has 0 unspecified atom stereocenters. The summed E-state index contributed by atoms with van der Waals surface area (Å²) < 4.78 is 44.8. The van der Waals surface area contributed by atoms with Gasteiger partial charge in [0.05, 0.1) is 5.56 Å². The highest BCUT2D eigenvalue weighted by atomic mass is 19.4. The molecule has 0 saturated heterocycles. The second-order valence-electron chi connectivity index (χ2n) is 4.33. The number of aromatic carboxylic acids is 1. The van der Waals surface area contributed by atoms with Crippen molar-refractivity contribution in [3.8, 4) is 11.5 Å². The lowest BCUT2D eigenvalue weighted by atomic mass is 10.0. The summed E-state index contributed by atoms with van der Waals surface area (Å²) in [6.07, 6.45) is -4.71. The van der Waals surface area contributed by atoms with Crippen molar-refractivity contribution in [2.75, 3.05) is 0 Å². The van der Waals surface area contributed by atoms with E-state index >= 15 is 0 Å². The molecule has 2 aromatic carbocycles. The maximum absolute atomic E-state index is 13.2. The molecule has 0 bridgehead atoms. The molecule has 0 saturated carbocycles. The van der Waals surface area contributed by atoms with Crippen molar-refractivity contribution in [1.82, 2.24) is 0 Å². The topological polar surface area (TPSA) is 46.5 Å². The fourth-order valence-corrected chi connectivity index (χ4v) is 1.97. The lowest BCUT2D eigenvalue weighted by Crippen LogP contribution is -2.13. The van der Waals surface area contributed by atoms with Crippen LogP contribution >= 0.6 is 0 Å². The van der Waals surface area contributed by atoms with E-state index in [4.69, 9.17) is 9.84 Å². The molecule has 0 aliphatic carbocycles. The summed E-state index contributed by atoms with van der Waals surface area (Å²) >= 11 is 0. The molecule has 0 aromatic heterocycles. The molecule has 6 heteroatoms. The zero-order valence-corrected chi connectivity index (χ0v) is 10.9. The fraction of sp³-hybridized carbons (Fsp3) is 0.133. The molecule has 0 spiro atoms. The van der Waals surface area contributed by atoms with E-state index < -0.39 is 29.0 Å². The zero-order chi connectivity index (χ0) is 15.6. The van der Waals surface area contributed by atoms with Crippen LogP contribution in [0.2, 0.25) is 0 Å². The second kappa shape index (κ2) is 5.47. The standard InChI is InChI=1S/C15H11F3O3/c1-9-11(14(19)20)7-8-12(13(9)15(16,17)18)21-10-5-3-2-4-6-10/h2-8H,1H3,(H,19,20). The molecule has 0 aliphatic rings. The molecule has 0 fully saturated rings. The highest BCUT2D eigenvalue weighted by Gasteiger charge is 2.38. The maximum atomic E-state index is 13.2. The van der Waals surface area contributed by atoms with Gasteiger partial charge in [0.15, 0.2) is 0 Å². The first kappa shape index (κ1) is 14.9. The Morgan fingerprint density at radius 2 is 1.71 bits per heavy atom. The van der Waals surface area contributed by atoms with Gasteiger partial charge in [0, 0.05) is 0 Å². The van der Waals surface area contributed by atoms with Crippen LogP contribution in [0.1, 0.15) is 21.5 Å². The van der Waals surface area contributed by atoms with E-state index in [2.05, 4.69) is 0 Å². The van der Waals surface area contributed by atoms with E-state index in [1.807, 2.05) is 0 Å². The summed E-state index contributed by atoms with van der Waals surface area (Å²) in [6, 6.07) is 10.1. The van der Waals surface area contributed by atoms with Crippen LogP contribution in [0.25, 0.3) is 0 Å². The van der Waals surface area contributed by atoms with E-state index in [9.17, 15) is 18.0 Å². The first-order valence-corrected chi connectivity index (χ1v) is 5.97. The van der Waals surface area contributed by atoms with E-state index in [0.29, 0.717) is 0 Å². The van der Waals surface area contributed by atoms with Gasteiger partial charge in [-0.25, -0.2) is 4.79 Å². The Morgan fingerprint density at radius 1 is 1.10 bits per heavy atom. The molecular formula is C15H11F3O3. The molecule has 0 heterocycles. The average Bonchev–Trinajstić information content (AvgIpc) is 2.38. The van der Waals surface area contributed by atoms with Crippen molar-refractivity contribution in [1.29, 1.82) is 0 Å². The summed E-state index contributed by atoms with van der Waals surface area (Å²) in [7, 11) is 0. The molecule has 2 aromatic rings. The molecule has 0 amide bonds. The second-order valence-corrected chi connectivity index (χ2v) is 4.33. The molecule has 0 atom stereocenters. The van der Waals surface area contributed by atoms with Crippen molar-refractivity contribution in [2.45, 2.75) is 13.1 Å². The number of ether oxygens (including phenoxy) is 1. The minimum absolute atomic E-state index is 0.241. The molecule has 0 aliphatic heterocycles. The molecule has 1 N–H and O–H groups in total. The largest absolute Gasteiger partial charge is 0.478 e. The van der Waals surface area contributed by atoms with Crippen LogP contribution in [0.15, 0.2) is 42.5 Å². The van der Waals surface area contributed by atoms with Gasteiger partial charge in [0.2, 0.25) is 0 Å². The van der Waals surface area contributed by atoms with Crippen LogP contribution in [-0.2, 0) is 6.18 Å². The van der Waals surface area contributed by atoms with E-state index in [1.54, 1.807) is 18.2 Å². The first-order valence-electron chi connectivity index (χ1n) is 5.97. The van der Waals surface area contributed by atoms with Gasteiger partial charge in [-0.1, -0.05) is 18.2 Å². The first-order chi connectivity index (χ1) is 9.80. The third-order valence-corrected chi connectivity index (χ3v) is 2.91. The number of benzene rings is 2. The van der Waals surface area contributed by atoms with Crippen LogP contribution in [0, 0.1) is 6.92 Å². The molecule has 2 rings (SSSR count). The zero-order valence-electron chi connectivity index (χ0n) is 10.9. The Balaban J connectivity index is 2.56. The number of carboxylic acids is 1. The van der Waals surface area contributed by atoms with E-state index in [0.717, 1.165) is 19.1 Å². The lowest BCUT2D eigenvalue weighted by Gasteiger charge is -2.17. The highest BCUT2D eigenvalue weighted by Crippen LogP contribution is 2.41. The van der Waals surface area contributed by atoms with Crippen molar-refractivity contribution in [3.05, 3.63) is 59.2 Å². The van der Waals surface area contributed by atoms with Gasteiger partial charge in [0.1, 0.15) is 17.1 Å². The van der Waals surface area contributed by atoms with Gasteiger partial charge >= 0.3 is 12.1 Å². The third kappa shape index (κ3) is 3.16. The van der Waals surface area contributed by atoms with Crippen LogP contribution in [0.3, 0.4) is 0 Å². The average molecular weight is 296 g/mol. The Bertz CT molecular complexity index is 664. The summed E-state index contributed by atoms with van der Waals surface area (Å²) in [5, 5.41) is 8.93. The fourth-order valence-electron chi connectivity index (χ4n) is 1.97. The lowest BCUT2D eigenvalue weighted by molar-refractivity contribution is -0.139. The van der Waals surface area contributed by atoms with Crippen LogP contribution in [0.5, 0.6) is 11.5 Å². The number of halogens is 3. The van der Waals surface area contributed by atoms with E-state index in [-0.39, 0.29) is 11.3 Å². The normalized spacial score (nSPS) is 11.2. The van der Waals surface area contributed by atoms with Crippen LogP contribution in [0.4, 0.5) is 13.2 Å². The third-order valence-electron chi connectivity index (χ3n) is 2.91. The Kier molecular flexibility index (Phi) is 3.88. The van der Waals surface area contributed by atoms with Gasteiger partial charge in [-0.15, -0.1) is 0 Å². The van der Waals surface area contributed by atoms with Gasteiger partial charge < -0.3 is 9.84 Å². The number of para-hydroxylation sites is 1. The van der Waals surface area contributed by atoms with E-state index in [1.165, 1.54) is 12.1 Å². The number of carbonyl (C=O) groups is 1. The summed E-state index contributed by atoms with van der Waals surface area (Å²) in [6.45, 7) is 1.12. The highest BCUT2D eigenvalue weighted by molar-refractivity contribution is 5.90. The van der Waals surface area contributed by atoms with Gasteiger partial charge in [-0.2, -0.15) is 13.2 Å². The summed E-state index contributed by atoms with van der Waals surface area (Å²) in [4.78, 5) is 11.0. The van der Waals surface area contributed by atoms with Crippen LogP contribution in [-0.4, -0.2) is 11.1 Å². The Morgan fingerprint density at radius 3 is 2.24 bits per heavy atom. The molecule has 0 radical (unpaired) electrons. The molecular weight excluding hydrogens is 285 g/mol. The number of carboxylic acid groups (broad SMARTS) is 1. The Labute approximate surface area is 118 Å². The van der Waals surface area contributed by atoms with Crippen molar-refractivity contribution in [3.63, 3.8) is 0 Å². The number of rotatable bonds is 3. The smallest absolute Gasteiger partial charge is 0.420 e. The quantitative estimate of drug-likeness (QED) is 0.906. The summed E-state index contributed by atoms with van der Waals surface area (Å²) in [5.74, 6) is -1.59. The maximum Gasteiger partial charge on any atom is 0.420 e. The number of alkyl halides is 3. The minimum atomic E-state index is -4.71. The van der Waals surface area contributed by atoms with Crippen molar-refractivity contribution in [2.24, 2.45) is 0 Å². The van der Waals surface area contributed by atoms with Crippen molar-refractivity contribution >= 4 is 5.97 Å². The predicted molar refractivity (Wildman–Crippen MR) is 69.7 cm³/mol. The number of hydrogen-bond donors (Lipinski definition) is 1. The van der Waals surface area contributed by atoms with Gasteiger partial charge in [0.25, 0.3) is 0 Å². The van der Waals surface area contributed by atoms with Crippen molar-refractivity contribution < 1.29 is 27.8 Å². The Hall–Kier alpha value is -2.50. The molecule has 3 nitrogen and oxygen atoms in total. The SMILES string of the molecule is Cc1c(C(=O)O)ccc(Oc2ccccc2)c1C(F)(F)F. The molecule has 21 heavy (non-hydrogen) atoms. The van der Waals surface area contributed by atoms with Gasteiger partial charge in [-0.05, 0) is 36.8 Å². The predicted octanol–water partition coefficient (Wildman–Crippen LogP) is 4.50. The minimum Gasteiger partial charge on any atom is -0.478 e. The number of hydrogen-bond acceptors (Lipinski definition) is 2. The summed E-state index contributed by atoms with van der Waals surface area (Å²) in [5.41, 5.74) is -1.85. The van der Waals surface area contributed by atoms with Gasteiger partial charge in [-0.3, -0.25) is 0 Å². The molecule has 110 valence electrons. The monoisotopic (exact) mass is 296 g/mol.